The first-order valence-corrected chi connectivity index (χ1v) is 3.98. The van der Waals surface area contributed by atoms with E-state index in [9.17, 15) is 0 Å². The molecule has 0 aromatic carbocycles. The summed E-state index contributed by atoms with van der Waals surface area (Å²) < 4.78 is 1.69. The fourth-order valence-electron chi connectivity index (χ4n) is 0.408. The van der Waals surface area contributed by atoms with E-state index >= 15 is 0 Å². The van der Waals surface area contributed by atoms with E-state index in [0.717, 1.165) is 5.92 Å². The van der Waals surface area contributed by atoms with E-state index in [2.05, 4.69) is 20.8 Å². The van der Waals surface area contributed by atoms with Gasteiger partial charge in [-0.15, -0.1) is 0 Å². The third kappa shape index (κ3) is 3.35. The van der Waals surface area contributed by atoms with Crippen LogP contribution in [0.2, 0.25) is 0 Å². The van der Waals surface area contributed by atoms with Gasteiger partial charge in [0.15, 0.2) is 0 Å². The third-order valence-electron chi connectivity index (χ3n) is 1.08. The Hall–Kier alpha value is 0.753. The molecule has 0 N–H and O–H groups in total. The monoisotopic (exact) mass is 174 g/mol. The van der Waals surface area contributed by atoms with Crippen LogP contribution in [0.1, 0.15) is 27.2 Å². The Bertz CT molecular complexity index is 64.6. The van der Waals surface area contributed by atoms with E-state index in [4.69, 9.17) is 0 Å². The summed E-state index contributed by atoms with van der Waals surface area (Å²) in [5.41, 5.74) is 0. The van der Waals surface area contributed by atoms with Gasteiger partial charge in [-0.25, -0.2) is 0 Å². The molecule has 0 nitrogen and oxygen atoms in total. The average molecular weight is 175 g/mol. The Kier molecular flexibility index (Phi) is 4.12. The van der Waals surface area contributed by atoms with Gasteiger partial charge in [-0.2, -0.15) is 0 Å². The molecule has 0 aromatic heterocycles. The Morgan fingerprint density at radius 1 is 1.57 bits per heavy atom. The van der Waals surface area contributed by atoms with Crippen LogP contribution < -0.4 is 0 Å². The van der Waals surface area contributed by atoms with Crippen LogP contribution in [0, 0.1) is 5.92 Å². The Labute approximate surface area is 60.6 Å². The third-order valence-corrected chi connectivity index (χ3v) is 3.37. The van der Waals surface area contributed by atoms with Gasteiger partial charge in [0.05, 0.1) is 0 Å². The summed E-state index contributed by atoms with van der Waals surface area (Å²) in [7, 11) is 0. The van der Waals surface area contributed by atoms with Crippen LogP contribution in [0.4, 0.5) is 0 Å². The molecule has 1 heteroatoms. The first-order valence-electron chi connectivity index (χ1n) is 2.75. The summed E-state index contributed by atoms with van der Waals surface area (Å²) in [6, 6.07) is 0. The summed E-state index contributed by atoms with van der Waals surface area (Å²) in [6.07, 6.45) is 1.27. The van der Waals surface area contributed by atoms with Crippen LogP contribution in [-0.4, -0.2) is 3.21 Å². The van der Waals surface area contributed by atoms with E-state index in [-0.39, 0.29) is 0 Å². The van der Waals surface area contributed by atoms with Gasteiger partial charge in [0.1, 0.15) is 0 Å². The van der Waals surface area contributed by atoms with E-state index < -0.39 is 0 Å². The Balaban J connectivity index is 3.35. The van der Waals surface area contributed by atoms with Crippen LogP contribution in [0.15, 0.2) is 0 Å². The molecule has 0 spiro atoms. The van der Waals surface area contributed by atoms with Crippen molar-refractivity contribution < 1.29 is 24.2 Å². The topological polar surface area (TPSA) is 0 Å². The molecule has 0 rings (SSSR count). The van der Waals surface area contributed by atoms with Gasteiger partial charge in [-0.3, -0.25) is 0 Å². The van der Waals surface area contributed by atoms with Crippen molar-refractivity contribution in [3.05, 3.63) is 0 Å². The molecule has 0 radical (unpaired) electrons. The van der Waals surface area contributed by atoms with Gasteiger partial charge in [0.25, 0.3) is 0 Å². The van der Waals surface area contributed by atoms with Gasteiger partial charge in [-0.1, -0.05) is 0 Å². The second kappa shape index (κ2) is 3.72. The van der Waals surface area contributed by atoms with Gasteiger partial charge in [0, 0.05) is 0 Å². The predicted octanol–water partition coefficient (Wildman–Crippen LogP) is 1.77. The summed E-state index contributed by atoms with van der Waals surface area (Å²) in [5.74, 6) is 0.822. The Morgan fingerprint density at radius 2 is 2.00 bits per heavy atom. The second-order valence-electron chi connectivity index (χ2n) is 2.03. The molecule has 0 bridgehead atoms. The molecule has 0 amide bonds. The summed E-state index contributed by atoms with van der Waals surface area (Å²) >= 11 is 1.62. The van der Waals surface area contributed by atoms with Crippen molar-refractivity contribution in [2.45, 2.75) is 27.2 Å². The van der Waals surface area contributed by atoms with Crippen molar-refractivity contribution in [1.29, 1.82) is 0 Å². The number of hydrogen-bond acceptors (Lipinski definition) is 0. The van der Waals surface area contributed by atoms with Gasteiger partial charge in [-0.05, 0) is 0 Å². The minimum atomic E-state index is 0.822. The normalized spacial score (nSPS) is 10.0. The molecule has 0 saturated carbocycles. The van der Waals surface area contributed by atoms with Crippen LogP contribution in [0.5, 0.6) is 0 Å². The summed E-state index contributed by atoms with van der Waals surface area (Å²) in [4.78, 5) is 0. The van der Waals surface area contributed by atoms with Crippen molar-refractivity contribution in [3.8, 4) is 0 Å². The molecule has 0 aliphatic carbocycles. The molecule has 0 aliphatic rings. The Morgan fingerprint density at radius 3 is 2.00 bits per heavy atom. The molecule has 0 atom stereocenters. The maximum absolute atomic E-state index is 2.26. The molecule has 0 aliphatic heterocycles. The van der Waals surface area contributed by atoms with Crippen molar-refractivity contribution in [2.24, 2.45) is 5.92 Å². The van der Waals surface area contributed by atoms with Crippen molar-refractivity contribution in [2.75, 3.05) is 0 Å². The quantitative estimate of drug-likeness (QED) is 0.600. The molecule has 0 aromatic rings. The van der Waals surface area contributed by atoms with Crippen LogP contribution in [0.3, 0.4) is 0 Å². The molecule has 0 heterocycles. The SMILES string of the molecule is CC[C](=[Zr+2])C(C)C. The minimum absolute atomic E-state index is 0.822. The summed E-state index contributed by atoms with van der Waals surface area (Å²) in [6.45, 7) is 6.74. The van der Waals surface area contributed by atoms with Crippen LogP contribution >= 0.6 is 0 Å². The zero-order valence-electron chi connectivity index (χ0n) is 5.28. The van der Waals surface area contributed by atoms with E-state index in [0.29, 0.717) is 0 Å². The fraction of sp³-hybridized carbons (Fsp3) is 0.833. The van der Waals surface area contributed by atoms with Gasteiger partial charge >= 0.3 is 60.6 Å². The zero-order valence-corrected chi connectivity index (χ0v) is 7.74. The predicted molar refractivity (Wildman–Crippen MR) is 30.1 cm³/mol. The maximum atomic E-state index is 2.26. The van der Waals surface area contributed by atoms with Crippen molar-refractivity contribution in [3.63, 3.8) is 0 Å². The van der Waals surface area contributed by atoms with Crippen molar-refractivity contribution >= 4 is 3.21 Å². The summed E-state index contributed by atoms with van der Waals surface area (Å²) in [5, 5.41) is 0. The average Bonchev–Trinajstić information content (AvgIpc) is 1.65. The molecule has 38 valence electrons. The van der Waals surface area contributed by atoms with Gasteiger partial charge < -0.3 is 0 Å². The molecule has 0 fully saturated rings. The van der Waals surface area contributed by atoms with E-state index in [1.807, 2.05) is 0 Å². The molecule has 0 unspecified atom stereocenters. The fourth-order valence-corrected chi connectivity index (χ4v) is 0.408. The van der Waals surface area contributed by atoms with Crippen LogP contribution in [-0.2, 0) is 24.2 Å². The number of hydrogen-bond donors (Lipinski definition) is 0. The standard InChI is InChI=1S/C6H12.Zr/c1-4-5-6(2)3;/h6H,4H2,1-3H3;/q;+2. The molecule has 0 saturated heterocycles. The molecule has 7 heavy (non-hydrogen) atoms. The first-order chi connectivity index (χ1) is 3.18. The number of rotatable bonds is 2. The van der Waals surface area contributed by atoms with E-state index in [1.54, 1.807) is 27.4 Å². The molecular formula is C6H12Zr+2. The zero-order chi connectivity index (χ0) is 5.86. The van der Waals surface area contributed by atoms with Crippen molar-refractivity contribution in [1.82, 2.24) is 0 Å². The van der Waals surface area contributed by atoms with Gasteiger partial charge in [0.2, 0.25) is 0 Å². The van der Waals surface area contributed by atoms with E-state index in [1.165, 1.54) is 6.42 Å². The molecular weight excluding hydrogens is 163 g/mol. The second-order valence-corrected chi connectivity index (χ2v) is 3.61. The first kappa shape index (κ1) is 7.75. The van der Waals surface area contributed by atoms with Crippen LogP contribution in [0.25, 0.3) is 0 Å².